The first-order chi connectivity index (χ1) is 9.29. The Morgan fingerprint density at radius 2 is 2.00 bits per heavy atom. The van der Waals surface area contributed by atoms with E-state index < -0.39 is 0 Å². The van der Waals surface area contributed by atoms with Gasteiger partial charge in [-0.1, -0.05) is 12.1 Å². The van der Waals surface area contributed by atoms with E-state index in [1.807, 2.05) is 37.3 Å². The molecule has 2 rings (SSSR count). The Hall–Kier alpha value is -1.39. The van der Waals surface area contributed by atoms with Crippen molar-refractivity contribution in [3.63, 3.8) is 0 Å². The van der Waals surface area contributed by atoms with Crippen LogP contribution in [0.5, 0.6) is 5.75 Å². The van der Waals surface area contributed by atoms with Gasteiger partial charge in [-0.2, -0.15) is 0 Å². The van der Waals surface area contributed by atoms with Crippen molar-refractivity contribution >= 4 is 11.8 Å². The first-order valence-corrected chi connectivity index (χ1v) is 7.37. The molecular formula is C15H19NO2S. The molecule has 2 aromatic rings. The molecule has 1 heterocycles. The normalized spacial score (nSPS) is 10.6. The highest BCUT2D eigenvalue weighted by molar-refractivity contribution is 7.99. The smallest absolute Gasteiger partial charge is 0.119 e. The van der Waals surface area contributed by atoms with Gasteiger partial charge < -0.3 is 14.9 Å². The van der Waals surface area contributed by atoms with E-state index in [0.29, 0.717) is 6.54 Å². The molecule has 19 heavy (non-hydrogen) atoms. The van der Waals surface area contributed by atoms with E-state index in [9.17, 15) is 0 Å². The van der Waals surface area contributed by atoms with E-state index in [4.69, 9.17) is 14.9 Å². The standard InChI is InChI=1S/C15H19NO2S/c1-12-15(7-9-17-12)19-10-2-8-18-14-5-3-13(11-16)4-6-14/h3-7,9H,2,8,10-11,16H2,1H3. The first-order valence-electron chi connectivity index (χ1n) is 6.38. The summed E-state index contributed by atoms with van der Waals surface area (Å²) in [5.41, 5.74) is 6.67. The van der Waals surface area contributed by atoms with E-state index in [-0.39, 0.29) is 0 Å². The van der Waals surface area contributed by atoms with Crippen molar-refractivity contribution in [3.8, 4) is 5.75 Å². The molecule has 0 saturated heterocycles. The molecule has 1 aromatic carbocycles. The highest BCUT2D eigenvalue weighted by Gasteiger charge is 2.01. The van der Waals surface area contributed by atoms with Crippen LogP contribution in [0, 0.1) is 6.92 Å². The molecule has 3 nitrogen and oxygen atoms in total. The topological polar surface area (TPSA) is 48.4 Å². The molecule has 0 spiro atoms. The molecule has 0 unspecified atom stereocenters. The second-order valence-corrected chi connectivity index (χ2v) is 5.38. The second kappa shape index (κ2) is 7.26. The molecule has 2 N–H and O–H groups in total. The van der Waals surface area contributed by atoms with Crippen LogP contribution in [0.3, 0.4) is 0 Å². The van der Waals surface area contributed by atoms with Gasteiger partial charge in [-0.3, -0.25) is 0 Å². The molecule has 0 radical (unpaired) electrons. The molecule has 0 amide bonds. The van der Waals surface area contributed by atoms with Crippen LogP contribution >= 0.6 is 11.8 Å². The Balaban J connectivity index is 1.65. The summed E-state index contributed by atoms with van der Waals surface area (Å²) in [6, 6.07) is 9.94. The van der Waals surface area contributed by atoms with Crippen LogP contribution in [-0.4, -0.2) is 12.4 Å². The average Bonchev–Trinajstić information content (AvgIpc) is 2.85. The predicted molar refractivity (Wildman–Crippen MR) is 78.6 cm³/mol. The molecule has 0 atom stereocenters. The van der Waals surface area contributed by atoms with Crippen molar-refractivity contribution in [2.24, 2.45) is 5.73 Å². The van der Waals surface area contributed by atoms with E-state index in [2.05, 4.69) is 0 Å². The van der Waals surface area contributed by atoms with Crippen LogP contribution < -0.4 is 10.5 Å². The lowest BCUT2D eigenvalue weighted by molar-refractivity contribution is 0.318. The number of hydrogen-bond acceptors (Lipinski definition) is 4. The molecule has 4 heteroatoms. The zero-order chi connectivity index (χ0) is 13.5. The third kappa shape index (κ3) is 4.33. The Morgan fingerprint density at radius 3 is 2.63 bits per heavy atom. The number of nitrogens with two attached hydrogens (primary N) is 1. The lowest BCUT2D eigenvalue weighted by Gasteiger charge is -2.06. The molecule has 0 fully saturated rings. The maximum atomic E-state index is 5.68. The third-order valence-electron chi connectivity index (χ3n) is 2.79. The molecule has 0 aliphatic heterocycles. The van der Waals surface area contributed by atoms with Gasteiger partial charge in [-0.15, -0.1) is 11.8 Å². The molecule has 0 saturated carbocycles. The van der Waals surface area contributed by atoms with Gasteiger partial charge in [-0.05, 0) is 37.1 Å². The summed E-state index contributed by atoms with van der Waals surface area (Å²) in [6.07, 6.45) is 2.74. The van der Waals surface area contributed by atoms with Crippen molar-refractivity contribution < 1.29 is 9.15 Å². The van der Waals surface area contributed by atoms with Gasteiger partial charge in [0.15, 0.2) is 0 Å². The minimum atomic E-state index is 0.570. The van der Waals surface area contributed by atoms with Crippen LogP contribution in [0.15, 0.2) is 45.9 Å². The highest BCUT2D eigenvalue weighted by Crippen LogP contribution is 2.23. The maximum absolute atomic E-state index is 5.68. The van der Waals surface area contributed by atoms with Crippen molar-refractivity contribution in [3.05, 3.63) is 47.9 Å². The van der Waals surface area contributed by atoms with Crippen LogP contribution in [0.2, 0.25) is 0 Å². The Kier molecular flexibility index (Phi) is 5.36. The van der Waals surface area contributed by atoms with E-state index in [1.54, 1.807) is 18.0 Å². The van der Waals surface area contributed by atoms with Crippen molar-refractivity contribution in [1.82, 2.24) is 0 Å². The fourth-order valence-electron chi connectivity index (χ4n) is 1.68. The highest BCUT2D eigenvalue weighted by atomic mass is 32.2. The summed E-state index contributed by atoms with van der Waals surface area (Å²) >= 11 is 1.80. The maximum Gasteiger partial charge on any atom is 0.119 e. The molecule has 0 bridgehead atoms. The van der Waals surface area contributed by atoms with Gasteiger partial charge in [0.25, 0.3) is 0 Å². The summed E-state index contributed by atoms with van der Waals surface area (Å²) in [5.74, 6) is 2.92. The fourth-order valence-corrected chi connectivity index (χ4v) is 2.56. The number of furan rings is 1. The molecule has 0 aliphatic carbocycles. The van der Waals surface area contributed by atoms with Gasteiger partial charge in [0.1, 0.15) is 11.5 Å². The van der Waals surface area contributed by atoms with E-state index in [0.717, 1.165) is 35.9 Å². The first kappa shape index (κ1) is 14.0. The SMILES string of the molecule is Cc1occc1SCCCOc1ccc(CN)cc1. The van der Waals surface area contributed by atoms with Gasteiger partial charge in [0, 0.05) is 17.2 Å². The van der Waals surface area contributed by atoms with E-state index in [1.165, 1.54) is 4.90 Å². The molecule has 1 aromatic heterocycles. The van der Waals surface area contributed by atoms with Crippen molar-refractivity contribution in [1.29, 1.82) is 0 Å². The number of benzene rings is 1. The summed E-state index contributed by atoms with van der Waals surface area (Å²) < 4.78 is 10.9. The van der Waals surface area contributed by atoms with Gasteiger partial charge >= 0.3 is 0 Å². The minimum Gasteiger partial charge on any atom is -0.494 e. The minimum absolute atomic E-state index is 0.570. The molecule has 102 valence electrons. The number of aryl methyl sites for hydroxylation is 1. The van der Waals surface area contributed by atoms with Crippen molar-refractivity contribution in [2.45, 2.75) is 24.8 Å². The van der Waals surface area contributed by atoms with Gasteiger partial charge in [-0.25, -0.2) is 0 Å². The summed E-state index contributed by atoms with van der Waals surface area (Å²) in [6.45, 7) is 3.28. The Bertz CT molecular complexity index is 493. The number of hydrogen-bond donors (Lipinski definition) is 1. The molecule has 0 aliphatic rings. The fraction of sp³-hybridized carbons (Fsp3) is 0.333. The average molecular weight is 277 g/mol. The number of rotatable bonds is 7. The zero-order valence-electron chi connectivity index (χ0n) is 11.1. The van der Waals surface area contributed by atoms with Crippen LogP contribution in [0.4, 0.5) is 0 Å². The summed E-state index contributed by atoms with van der Waals surface area (Å²) in [5, 5.41) is 0. The van der Waals surface area contributed by atoms with Crippen LogP contribution in [0.25, 0.3) is 0 Å². The Morgan fingerprint density at radius 1 is 1.21 bits per heavy atom. The largest absolute Gasteiger partial charge is 0.494 e. The van der Waals surface area contributed by atoms with Crippen LogP contribution in [-0.2, 0) is 6.54 Å². The monoisotopic (exact) mass is 277 g/mol. The summed E-state index contributed by atoms with van der Waals surface area (Å²) in [7, 11) is 0. The second-order valence-electron chi connectivity index (χ2n) is 4.24. The number of thioether (sulfide) groups is 1. The number of ether oxygens (including phenoxy) is 1. The lowest BCUT2D eigenvalue weighted by Crippen LogP contribution is -2.00. The quantitative estimate of drug-likeness (QED) is 0.620. The lowest BCUT2D eigenvalue weighted by atomic mass is 10.2. The Labute approximate surface area is 118 Å². The third-order valence-corrected chi connectivity index (χ3v) is 4.01. The summed E-state index contributed by atoms with van der Waals surface area (Å²) in [4.78, 5) is 1.22. The zero-order valence-corrected chi connectivity index (χ0v) is 11.9. The van der Waals surface area contributed by atoms with Crippen LogP contribution in [0.1, 0.15) is 17.7 Å². The molecular weight excluding hydrogens is 258 g/mol. The van der Waals surface area contributed by atoms with E-state index >= 15 is 0 Å². The van der Waals surface area contributed by atoms with Gasteiger partial charge in [0.05, 0.1) is 12.9 Å². The predicted octanol–water partition coefficient (Wildman–Crippen LogP) is 3.61. The van der Waals surface area contributed by atoms with Crippen molar-refractivity contribution in [2.75, 3.05) is 12.4 Å². The van der Waals surface area contributed by atoms with Gasteiger partial charge in [0.2, 0.25) is 0 Å².